The van der Waals surface area contributed by atoms with Gasteiger partial charge in [0.05, 0.1) is 0 Å². The third kappa shape index (κ3) is 4.46. The van der Waals surface area contributed by atoms with Crippen LogP contribution in [-0.2, 0) is 6.42 Å². The van der Waals surface area contributed by atoms with Gasteiger partial charge in [0.25, 0.3) is 5.91 Å². The van der Waals surface area contributed by atoms with Crippen LogP contribution in [0.15, 0.2) is 48.8 Å². The first-order valence-corrected chi connectivity index (χ1v) is 6.68. The average Bonchev–Trinajstić information content (AvgIpc) is 2.48. The summed E-state index contributed by atoms with van der Waals surface area (Å²) in [6.45, 7) is 0.621. The predicted molar refractivity (Wildman–Crippen MR) is 75.9 cm³/mol. The molecule has 0 aliphatic rings. The van der Waals surface area contributed by atoms with Crippen molar-refractivity contribution in [2.45, 2.75) is 19.3 Å². The number of rotatable bonds is 6. The number of carbonyl (C=O) groups excluding carboxylic acids is 1. The molecule has 0 radical (unpaired) electrons. The molecule has 3 nitrogen and oxygen atoms in total. The van der Waals surface area contributed by atoms with E-state index >= 15 is 0 Å². The predicted octanol–water partition coefficient (Wildman–Crippen LogP) is 2.97. The number of aromatic nitrogens is 1. The van der Waals surface area contributed by atoms with Crippen molar-refractivity contribution in [3.63, 3.8) is 0 Å². The molecule has 0 saturated carbocycles. The standard InChI is InChI=1S/C16H17FN2O/c17-15-8-6-14(7-9-15)16(20)19-11-2-1-4-13-5-3-10-18-12-13/h3,5-10,12H,1-2,4,11H2,(H,19,20). The summed E-state index contributed by atoms with van der Waals surface area (Å²) < 4.78 is 12.7. The van der Waals surface area contributed by atoms with E-state index in [9.17, 15) is 9.18 Å². The Morgan fingerprint density at radius 2 is 1.95 bits per heavy atom. The molecule has 1 heterocycles. The Bertz CT molecular complexity index is 540. The minimum absolute atomic E-state index is 0.161. The first-order chi connectivity index (χ1) is 9.75. The second-order valence-corrected chi connectivity index (χ2v) is 4.58. The Morgan fingerprint density at radius 1 is 1.15 bits per heavy atom. The van der Waals surface area contributed by atoms with Gasteiger partial charge in [0.1, 0.15) is 5.82 Å². The molecule has 0 atom stereocenters. The third-order valence-electron chi connectivity index (χ3n) is 3.01. The van der Waals surface area contributed by atoms with E-state index in [1.807, 2.05) is 18.3 Å². The van der Waals surface area contributed by atoms with Crippen LogP contribution < -0.4 is 5.32 Å². The van der Waals surface area contributed by atoms with Gasteiger partial charge in [0, 0.05) is 24.5 Å². The maximum absolute atomic E-state index is 12.7. The SMILES string of the molecule is O=C(NCCCCc1cccnc1)c1ccc(F)cc1. The molecule has 1 aromatic heterocycles. The van der Waals surface area contributed by atoms with Gasteiger partial charge in [-0.15, -0.1) is 0 Å². The number of aryl methyl sites for hydroxylation is 1. The normalized spacial score (nSPS) is 10.2. The average molecular weight is 272 g/mol. The smallest absolute Gasteiger partial charge is 0.251 e. The first kappa shape index (κ1) is 14.2. The molecule has 0 unspecified atom stereocenters. The van der Waals surface area contributed by atoms with Gasteiger partial charge in [-0.3, -0.25) is 9.78 Å². The van der Waals surface area contributed by atoms with Crippen LogP contribution in [0.1, 0.15) is 28.8 Å². The van der Waals surface area contributed by atoms with Crippen molar-refractivity contribution in [2.75, 3.05) is 6.54 Å². The summed E-state index contributed by atoms with van der Waals surface area (Å²) in [7, 11) is 0. The first-order valence-electron chi connectivity index (χ1n) is 6.68. The van der Waals surface area contributed by atoms with Gasteiger partial charge < -0.3 is 5.32 Å². The molecule has 2 aromatic rings. The van der Waals surface area contributed by atoms with Crippen LogP contribution in [0.4, 0.5) is 4.39 Å². The fraction of sp³-hybridized carbons (Fsp3) is 0.250. The van der Waals surface area contributed by atoms with E-state index < -0.39 is 0 Å². The Morgan fingerprint density at radius 3 is 2.65 bits per heavy atom. The lowest BCUT2D eigenvalue weighted by Gasteiger charge is -2.05. The summed E-state index contributed by atoms with van der Waals surface area (Å²) >= 11 is 0. The molecule has 0 fully saturated rings. The van der Waals surface area contributed by atoms with Gasteiger partial charge >= 0.3 is 0 Å². The van der Waals surface area contributed by atoms with E-state index in [1.165, 1.54) is 29.8 Å². The zero-order valence-corrected chi connectivity index (χ0v) is 11.2. The van der Waals surface area contributed by atoms with Crippen molar-refractivity contribution >= 4 is 5.91 Å². The van der Waals surface area contributed by atoms with Crippen LogP contribution in [0.2, 0.25) is 0 Å². The molecule has 0 spiro atoms. The summed E-state index contributed by atoms with van der Waals surface area (Å²) in [6.07, 6.45) is 6.47. The minimum atomic E-state index is -0.335. The number of carbonyl (C=O) groups is 1. The molecule has 104 valence electrons. The van der Waals surface area contributed by atoms with Crippen molar-refractivity contribution in [1.29, 1.82) is 0 Å². The molecule has 1 N–H and O–H groups in total. The zero-order chi connectivity index (χ0) is 14.2. The maximum atomic E-state index is 12.7. The van der Waals surface area contributed by atoms with Gasteiger partial charge in [0.2, 0.25) is 0 Å². The lowest BCUT2D eigenvalue weighted by Crippen LogP contribution is -2.24. The van der Waals surface area contributed by atoms with Crippen LogP contribution in [0.3, 0.4) is 0 Å². The quantitative estimate of drug-likeness (QED) is 0.821. The van der Waals surface area contributed by atoms with Crippen molar-refractivity contribution in [2.24, 2.45) is 0 Å². The van der Waals surface area contributed by atoms with Crippen molar-refractivity contribution in [3.05, 3.63) is 65.7 Å². The highest BCUT2D eigenvalue weighted by Crippen LogP contribution is 2.04. The topological polar surface area (TPSA) is 42.0 Å². The molecular weight excluding hydrogens is 255 g/mol. The minimum Gasteiger partial charge on any atom is -0.352 e. The second-order valence-electron chi connectivity index (χ2n) is 4.58. The number of hydrogen-bond donors (Lipinski definition) is 1. The fourth-order valence-electron chi connectivity index (χ4n) is 1.91. The number of halogens is 1. The molecule has 4 heteroatoms. The van der Waals surface area contributed by atoms with Gasteiger partial charge in [0.15, 0.2) is 0 Å². The number of hydrogen-bond acceptors (Lipinski definition) is 2. The molecule has 0 aliphatic heterocycles. The van der Waals surface area contributed by atoms with E-state index in [0.29, 0.717) is 12.1 Å². The maximum Gasteiger partial charge on any atom is 0.251 e. The van der Waals surface area contributed by atoms with E-state index in [-0.39, 0.29) is 11.7 Å². The number of amides is 1. The van der Waals surface area contributed by atoms with Crippen LogP contribution in [-0.4, -0.2) is 17.4 Å². The molecule has 0 saturated heterocycles. The van der Waals surface area contributed by atoms with Crippen molar-refractivity contribution < 1.29 is 9.18 Å². The highest BCUT2D eigenvalue weighted by atomic mass is 19.1. The van der Waals surface area contributed by atoms with Gasteiger partial charge in [-0.25, -0.2) is 4.39 Å². The largest absolute Gasteiger partial charge is 0.352 e. The van der Waals surface area contributed by atoms with Crippen LogP contribution in [0, 0.1) is 5.82 Å². The number of nitrogens with one attached hydrogen (secondary N) is 1. The lowest BCUT2D eigenvalue weighted by molar-refractivity contribution is 0.0953. The van der Waals surface area contributed by atoms with Crippen LogP contribution in [0.25, 0.3) is 0 Å². The van der Waals surface area contributed by atoms with Crippen molar-refractivity contribution in [1.82, 2.24) is 10.3 Å². The Kier molecular flexibility index (Phi) is 5.24. The monoisotopic (exact) mass is 272 g/mol. The van der Waals surface area contributed by atoms with Gasteiger partial charge in [-0.1, -0.05) is 6.07 Å². The Hall–Kier alpha value is -2.23. The summed E-state index contributed by atoms with van der Waals surface area (Å²) in [6, 6.07) is 9.52. The van der Waals surface area contributed by atoms with Crippen molar-refractivity contribution in [3.8, 4) is 0 Å². The molecule has 1 aromatic carbocycles. The third-order valence-corrected chi connectivity index (χ3v) is 3.01. The lowest BCUT2D eigenvalue weighted by atomic mass is 10.1. The molecular formula is C16H17FN2O. The molecule has 0 bridgehead atoms. The number of pyridine rings is 1. The highest BCUT2D eigenvalue weighted by molar-refractivity contribution is 5.94. The number of unbranched alkanes of at least 4 members (excludes halogenated alkanes) is 1. The molecule has 0 aliphatic carbocycles. The fourth-order valence-corrected chi connectivity index (χ4v) is 1.91. The second kappa shape index (κ2) is 7.38. The van der Waals surface area contributed by atoms with E-state index in [4.69, 9.17) is 0 Å². The van der Waals surface area contributed by atoms with Crippen LogP contribution >= 0.6 is 0 Å². The molecule has 2 rings (SSSR count). The molecule has 20 heavy (non-hydrogen) atoms. The Labute approximate surface area is 117 Å². The van der Waals surface area contributed by atoms with Crippen LogP contribution in [0.5, 0.6) is 0 Å². The number of nitrogens with zero attached hydrogens (tertiary/aromatic N) is 1. The summed E-state index contributed by atoms with van der Waals surface area (Å²) in [5, 5.41) is 2.83. The van der Waals surface area contributed by atoms with Gasteiger partial charge in [-0.2, -0.15) is 0 Å². The van der Waals surface area contributed by atoms with E-state index in [0.717, 1.165) is 19.3 Å². The van der Waals surface area contributed by atoms with Gasteiger partial charge in [-0.05, 0) is 55.2 Å². The summed E-state index contributed by atoms with van der Waals surface area (Å²) in [4.78, 5) is 15.8. The molecule has 1 amide bonds. The van der Waals surface area contributed by atoms with E-state index in [1.54, 1.807) is 6.20 Å². The summed E-state index contributed by atoms with van der Waals surface area (Å²) in [5.41, 5.74) is 1.69. The zero-order valence-electron chi connectivity index (χ0n) is 11.2. The highest BCUT2D eigenvalue weighted by Gasteiger charge is 2.04. The number of benzene rings is 1. The van der Waals surface area contributed by atoms with E-state index in [2.05, 4.69) is 10.3 Å². The summed E-state index contributed by atoms with van der Waals surface area (Å²) in [5.74, 6) is -0.496. The Balaban J connectivity index is 1.66.